The molecule has 8 N–H and O–H groups in total. The number of aliphatic hydroxyl groups excluding tert-OH is 5. The van der Waals surface area contributed by atoms with Crippen LogP contribution >= 0.6 is 15.6 Å². The predicted octanol–water partition coefficient (Wildman–Crippen LogP) is -4.57. The second-order valence-electron chi connectivity index (χ2n) is 8.63. The first-order valence-electron chi connectivity index (χ1n) is 11.2. The Kier molecular flexibility index (Phi) is 9.16. The fourth-order valence-electron chi connectivity index (χ4n) is 3.95. The van der Waals surface area contributed by atoms with Crippen LogP contribution in [0.2, 0.25) is 0 Å². The quantitative estimate of drug-likeness (QED) is 0.0563. The van der Waals surface area contributed by atoms with E-state index in [4.69, 9.17) is 20.7 Å². The molecule has 2 aliphatic rings. The third-order valence-electron chi connectivity index (χ3n) is 5.89. The van der Waals surface area contributed by atoms with Crippen LogP contribution in [0, 0.1) is 0 Å². The summed E-state index contributed by atoms with van der Waals surface area (Å²) in [5.41, 5.74) is 12.9. The van der Waals surface area contributed by atoms with Crippen molar-refractivity contribution < 1.29 is 67.3 Å². The lowest BCUT2D eigenvalue weighted by Gasteiger charge is -2.42. The Morgan fingerprint density at radius 3 is 2.46 bits per heavy atom. The molecule has 0 aliphatic carbocycles. The van der Waals surface area contributed by atoms with Crippen molar-refractivity contribution in [3.8, 4) is 0 Å². The molecule has 4 heterocycles. The van der Waals surface area contributed by atoms with Crippen molar-refractivity contribution in [1.82, 2.24) is 19.5 Å². The number of nitrogens with one attached hydrogen (secondary N) is 1. The monoisotopic (exact) mass is 628 g/mol. The summed E-state index contributed by atoms with van der Waals surface area (Å²) in [6, 6.07) is 0. The zero-order chi connectivity index (χ0) is 30.3. The summed E-state index contributed by atoms with van der Waals surface area (Å²) in [6.45, 7) is -1.72. The Bertz CT molecular complexity index is 1470. The minimum atomic E-state index is -5.95. The topological polar surface area (TPSA) is 366 Å². The molecule has 41 heavy (non-hydrogen) atoms. The van der Waals surface area contributed by atoms with Gasteiger partial charge in [0.25, 0.3) is 21.2 Å². The summed E-state index contributed by atoms with van der Waals surface area (Å²) in [6.07, 6.45) is -15.5. The second-order valence-corrected chi connectivity index (χ2v) is 11.5. The Morgan fingerprint density at radius 2 is 1.78 bits per heavy atom. The van der Waals surface area contributed by atoms with Crippen molar-refractivity contribution in [2.75, 3.05) is 18.9 Å². The van der Waals surface area contributed by atoms with Gasteiger partial charge >= 0.3 is 0 Å². The smallest absolute Gasteiger partial charge is 0.280 e. The number of anilines is 1. The van der Waals surface area contributed by atoms with Crippen LogP contribution in [0.25, 0.3) is 21.6 Å². The maximum absolute atomic E-state index is 12.2. The fourth-order valence-corrected chi connectivity index (χ4v) is 6.04. The van der Waals surface area contributed by atoms with E-state index in [1.807, 2.05) is 0 Å². The lowest BCUT2D eigenvalue weighted by molar-refractivity contribution is -0.300. The van der Waals surface area contributed by atoms with Crippen LogP contribution < -0.4 is 21.1 Å². The zero-order valence-corrected chi connectivity index (χ0v) is 22.0. The molecule has 25 heteroatoms. The van der Waals surface area contributed by atoms with E-state index in [-0.39, 0.29) is 17.1 Å². The van der Waals surface area contributed by atoms with Crippen molar-refractivity contribution in [2.24, 2.45) is 5.11 Å². The van der Waals surface area contributed by atoms with E-state index < -0.39 is 89.6 Å². The Balaban J connectivity index is 1.39. The number of nitrogens with zero attached hydrogens (tertiary/aromatic N) is 6. The van der Waals surface area contributed by atoms with Crippen LogP contribution in [-0.4, -0.2) is 107 Å². The van der Waals surface area contributed by atoms with Gasteiger partial charge in [0.05, 0.1) is 25.6 Å². The normalized spacial score (nSPS) is 35.0. The molecular weight excluding hydrogens is 606 g/mol. The van der Waals surface area contributed by atoms with Gasteiger partial charge in [-0.15, -0.1) is 0 Å². The van der Waals surface area contributed by atoms with Crippen LogP contribution in [0.3, 0.4) is 0 Å². The van der Waals surface area contributed by atoms with Gasteiger partial charge in [-0.1, -0.05) is 5.11 Å². The highest BCUT2D eigenvalue weighted by atomic mass is 31.3. The first-order chi connectivity index (χ1) is 19.1. The molecule has 4 rings (SSSR count). The molecule has 0 radical (unpaired) electrons. The van der Waals surface area contributed by atoms with Crippen LogP contribution in [0.4, 0.5) is 5.95 Å². The summed E-state index contributed by atoms with van der Waals surface area (Å²) in [5.74, 6) is -0.297. The predicted molar refractivity (Wildman–Crippen MR) is 123 cm³/mol. The highest BCUT2D eigenvalue weighted by molar-refractivity contribution is 7.59. The number of hydrogen-bond donors (Lipinski definition) is 7. The molecule has 0 amide bonds. The van der Waals surface area contributed by atoms with Gasteiger partial charge in [-0.25, -0.2) is 9.29 Å². The third-order valence-corrected chi connectivity index (χ3v) is 8.42. The number of azide groups is 1. The minimum Gasteiger partial charge on any atom is -0.756 e. The fraction of sp³-hybridized carbons (Fsp3) is 0.688. The van der Waals surface area contributed by atoms with Crippen molar-refractivity contribution in [2.45, 2.75) is 55.2 Å². The maximum atomic E-state index is 12.2. The van der Waals surface area contributed by atoms with E-state index in [0.717, 1.165) is 10.9 Å². The molecule has 23 nitrogen and oxygen atoms in total. The molecule has 0 bridgehead atoms. The molecule has 11 atom stereocenters. The standard InChI is InChI=1S/C16H24N8O15P2/c17-16-21-12-6(13(30)22-16)19-3-24(12)14-10(28)8(26)5(36-14)2-35-40(31,32)39-41(33,34)38-15-11(29)9(27)7(25)4(37-15)1-20-23-18/h3-5,7-11,14-15,25-29H,1-2H2,(H,31,32)(H,33,34)(H3,17,21,22,30)/p-2/t4-,5+,7+,8+,9+,10+,11-,14+,15+/m0/s1. The number of phosphoric acid groups is 2. The van der Waals surface area contributed by atoms with Crippen LogP contribution in [-0.2, 0) is 32.0 Å². The number of aromatic nitrogens is 4. The van der Waals surface area contributed by atoms with E-state index in [9.17, 15) is 49.2 Å². The van der Waals surface area contributed by atoms with E-state index in [1.165, 1.54) is 0 Å². The van der Waals surface area contributed by atoms with E-state index >= 15 is 0 Å². The summed E-state index contributed by atoms with van der Waals surface area (Å²) < 4.78 is 48.5. The minimum absolute atomic E-state index is 0.141. The van der Waals surface area contributed by atoms with Crippen molar-refractivity contribution in [1.29, 1.82) is 0 Å². The lowest BCUT2D eigenvalue weighted by atomic mass is 9.99. The first-order valence-corrected chi connectivity index (χ1v) is 14.2. The molecule has 2 fully saturated rings. The van der Waals surface area contributed by atoms with E-state index in [0.29, 0.717) is 0 Å². The molecule has 2 aromatic rings. The summed E-state index contributed by atoms with van der Waals surface area (Å²) in [5, 5.41) is 53.5. The van der Waals surface area contributed by atoms with Gasteiger partial charge in [-0.05, 0) is 5.53 Å². The van der Waals surface area contributed by atoms with Crippen LogP contribution in [0.15, 0.2) is 16.2 Å². The van der Waals surface area contributed by atoms with Crippen molar-refractivity contribution >= 4 is 32.8 Å². The third kappa shape index (κ3) is 6.75. The SMILES string of the molecule is [N-]=[N+]=NC[C@@H]1O[C@H](OP(=O)([O-])OP(=O)([O-])OC[C@H]2O[C@@H](n3cnc4c(=O)[nH]c(N)nc43)[C@H](O)[C@@H]2O)[C@@H](O)[C@H](O)[C@@H]1O. The zero-order valence-electron chi connectivity index (χ0n) is 20.2. The number of fused-ring (bicyclic) bond motifs is 1. The Morgan fingerprint density at radius 1 is 1.10 bits per heavy atom. The molecule has 2 aromatic heterocycles. The number of nitrogen functional groups attached to an aromatic ring is 1. The summed E-state index contributed by atoms with van der Waals surface area (Å²) in [4.78, 5) is 48.7. The largest absolute Gasteiger partial charge is 0.756 e. The number of H-pyrrole nitrogens is 1. The average molecular weight is 628 g/mol. The van der Waals surface area contributed by atoms with Gasteiger partial charge in [-0.3, -0.25) is 28.0 Å². The van der Waals surface area contributed by atoms with Gasteiger partial charge in [0, 0.05) is 4.91 Å². The second kappa shape index (κ2) is 12.0. The van der Waals surface area contributed by atoms with Crippen molar-refractivity contribution in [3.05, 3.63) is 27.1 Å². The number of hydrogen-bond acceptors (Lipinski definition) is 19. The van der Waals surface area contributed by atoms with Gasteiger partial charge in [0.1, 0.15) is 36.6 Å². The Hall–Kier alpha value is -2.56. The van der Waals surface area contributed by atoms with Crippen molar-refractivity contribution in [3.63, 3.8) is 0 Å². The summed E-state index contributed by atoms with van der Waals surface area (Å²) >= 11 is 0. The average Bonchev–Trinajstić information content (AvgIpc) is 3.42. The van der Waals surface area contributed by atoms with Gasteiger partial charge in [0.15, 0.2) is 23.7 Å². The van der Waals surface area contributed by atoms with Crippen LogP contribution in [0.5, 0.6) is 0 Å². The highest BCUT2D eigenvalue weighted by Crippen LogP contribution is 2.57. The molecule has 0 aromatic carbocycles. The first kappa shape index (κ1) is 31.4. The number of imidazole rings is 1. The van der Waals surface area contributed by atoms with Gasteiger partial charge in [-0.2, -0.15) is 4.98 Å². The molecule has 0 spiro atoms. The molecule has 228 valence electrons. The maximum Gasteiger partial charge on any atom is 0.280 e. The van der Waals surface area contributed by atoms with Gasteiger partial charge in [0.2, 0.25) is 5.95 Å². The van der Waals surface area contributed by atoms with Crippen LogP contribution in [0.1, 0.15) is 6.23 Å². The summed E-state index contributed by atoms with van der Waals surface area (Å²) in [7, 11) is -11.8. The van der Waals surface area contributed by atoms with E-state index in [2.05, 4.69) is 38.3 Å². The number of phosphoric ester groups is 2. The Labute approximate surface area is 226 Å². The molecule has 2 saturated heterocycles. The molecule has 2 unspecified atom stereocenters. The molecule has 2 aliphatic heterocycles. The van der Waals surface area contributed by atoms with Gasteiger partial charge < -0.3 is 55.1 Å². The number of aliphatic hydroxyl groups is 5. The molecule has 0 saturated carbocycles. The highest BCUT2D eigenvalue weighted by Gasteiger charge is 2.47. The number of aromatic amines is 1. The molecular formula is C16H22N8O15P2-2. The van der Waals surface area contributed by atoms with E-state index in [1.54, 1.807) is 0 Å². The number of ether oxygens (including phenoxy) is 2. The number of nitrogens with two attached hydrogens (primary N) is 1. The number of rotatable bonds is 10. The lowest BCUT2D eigenvalue weighted by Crippen LogP contribution is -2.58.